The first-order chi connectivity index (χ1) is 6.07. The zero-order valence-corrected chi connectivity index (χ0v) is 8.97. The van der Waals surface area contributed by atoms with E-state index in [1.807, 2.05) is 22.6 Å². The Morgan fingerprint density at radius 3 is 2.69 bits per heavy atom. The number of aromatic nitrogens is 1. The minimum atomic E-state index is -2.77. The third-order valence-corrected chi connectivity index (χ3v) is 2.85. The highest BCUT2D eigenvalue weighted by atomic mass is 127. The van der Waals surface area contributed by atoms with E-state index < -0.39 is 12.1 Å². The predicted molar refractivity (Wildman–Crippen MR) is 51.6 cm³/mol. The number of hydrogen-bond donors (Lipinski definition) is 0. The Kier molecular flexibility index (Phi) is 3.39. The molecule has 1 heterocycles. The monoisotopic (exact) mass is 314 g/mol. The molecule has 13 heavy (non-hydrogen) atoms. The van der Waals surface area contributed by atoms with Crippen molar-refractivity contribution >= 4 is 34.2 Å². The van der Waals surface area contributed by atoms with Crippen molar-refractivity contribution in [3.8, 4) is 6.07 Å². The van der Waals surface area contributed by atoms with Crippen molar-refractivity contribution in [1.29, 1.82) is 5.26 Å². The molecule has 1 aromatic rings. The van der Waals surface area contributed by atoms with Gasteiger partial charge in [0, 0.05) is 6.20 Å². The summed E-state index contributed by atoms with van der Waals surface area (Å²) in [7, 11) is 0. The van der Waals surface area contributed by atoms with Gasteiger partial charge in [-0.05, 0) is 22.6 Å². The van der Waals surface area contributed by atoms with Crippen molar-refractivity contribution in [3.63, 3.8) is 0 Å². The summed E-state index contributed by atoms with van der Waals surface area (Å²) in [5.74, 6) is 0. The second-order valence-corrected chi connectivity index (χ2v) is 3.63. The molecule has 0 spiro atoms. The number of rotatable bonds is 1. The smallest absolute Gasteiger partial charge is 0.253 e. The zero-order chi connectivity index (χ0) is 10.0. The molecule has 0 radical (unpaired) electrons. The van der Waals surface area contributed by atoms with Gasteiger partial charge in [-0.25, -0.2) is 8.78 Å². The van der Waals surface area contributed by atoms with E-state index in [4.69, 9.17) is 16.9 Å². The first kappa shape index (κ1) is 10.6. The maximum atomic E-state index is 12.3. The van der Waals surface area contributed by atoms with Gasteiger partial charge in [-0.2, -0.15) is 5.26 Å². The third kappa shape index (κ3) is 2.06. The van der Waals surface area contributed by atoms with Crippen LogP contribution < -0.4 is 0 Å². The normalized spacial score (nSPS) is 10.2. The molecule has 2 nitrogen and oxygen atoms in total. The van der Waals surface area contributed by atoms with E-state index in [0.717, 1.165) is 0 Å². The van der Waals surface area contributed by atoms with Crippen LogP contribution in [0.1, 0.15) is 17.7 Å². The predicted octanol–water partition coefficient (Wildman–Crippen LogP) is 3.15. The highest BCUT2D eigenvalue weighted by molar-refractivity contribution is 14.1. The molecule has 0 aliphatic rings. The van der Waals surface area contributed by atoms with E-state index in [0.29, 0.717) is 3.57 Å². The summed E-state index contributed by atoms with van der Waals surface area (Å²) in [6.07, 6.45) is -1.56. The van der Waals surface area contributed by atoms with Gasteiger partial charge >= 0.3 is 0 Å². The highest BCUT2D eigenvalue weighted by Gasteiger charge is 2.18. The van der Waals surface area contributed by atoms with Crippen LogP contribution in [0.3, 0.4) is 0 Å². The van der Waals surface area contributed by atoms with Crippen molar-refractivity contribution in [2.45, 2.75) is 6.43 Å². The summed E-state index contributed by atoms with van der Waals surface area (Å²) >= 11 is 7.46. The topological polar surface area (TPSA) is 36.7 Å². The van der Waals surface area contributed by atoms with Gasteiger partial charge in [0.15, 0.2) is 0 Å². The average molecular weight is 314 g/mol. The summed E-state index contributed by atoms with van der Waals surface area (Å²) in [6.45, 7) is 0. The fourth-order valence-corrected chi connectivity index (χ4v) is 1.35. The van der Waals surface area contributed by atoms with Crippen molar-refractivity contribution in [1.82, 2.24) is 4.98 Å². The molecule has 0 bridgehead atoms. The molecule has 68 valence electrons. The fraction of sp³-hybridized carbons (Fsp3) is 0.143. The molecule has 0 aliphatic carbocycles. The number of pyridine rings is 1. The molecular weight excluding hydrogens is 312 g/mol. The van der Waals surface area contributed by atoms with Crippen molar-refractivity contribution < 1.29 is 8.78 Å². The Balaban J connectivity index is 3.41. The van der Waals surface area contributed by atoms with Gasteiger partial charge in [0.1, 0.15) is 11.8 Å². The van der Waals surface area contributed by atoms with Gasteiger partial charge in [-0.15, -0.1) is 0 Å². The van der Waals surface area contributed by atoms with Crippen LogP contribution in [-0.4, -0.2) is 4.98 Å². The molecule has 0 amide bonds. The van der Waals surface area contributed by atoms with Gasteiger partial charge in [-0.1, -0.05) is 11.6 Å². The third-order valence-electron chi connectivity index (χ3n) is 1.32. The van der Waals surface area contributed by atoms with Crippen LogP contribution in [0.5, 0.6) is 0 Å². The maximum absolute atomic E-state index is 12.3. The lowest BCUT2D eigenvalue weighted by Crippen LogP contribution is -1.97. The van der Waals surface area contributed by atoms with Crippen LogP contribution >= 0.6 is 34.2 Å². The first-order valence-corrected chi connectivity index (χ1v) is 4.55. The highest BCUT2D eigenvalue weighted by Crippen LogP contribution is 2.28. The standard InChI is InChI=1S/C7H2ClF2IN2/c8-5-3(1-12)6(7(9)10)13-2-4(5)11/h2,7H. The van der Waals surface area contributed by atoms with E-state index in [-0.39, 0.29) is 10.6 Å². The Labute approximate surface area is 91.7 Å². The summed E-state index contributed by atoms with van der Waals surface area (Å²) in [6, 6.07) is 1.61. The van der Waals surface area contributed by atoms with Gasteiger partial charge in [0.05, 0.1) is 14.2 Å². The van der Waals surface area contributed by atoms with Crippen LogP contribution in [0.15, 0.2) is 6.20 Å². The molecule has 0 atom stereocenters. The van der Waals surface area contributed by atoms with E-state index >= 15 is 0 Å². The molecule has 0 unspecified atom stereocenters. The molecule has 0 saturated heterocycles. The summed E-state index contributed by atoms with van der Waals surface area (Å²) in [5.41, 5.74) is -0.809. The number of nitrogens with zero attached hydrogens (tertiary/aromatic N) is 2. The van der Waals surface area contributed by atoms with Crippen molar-refractivity contribution in [2.24, 2.45) is 0 Å². The molecule has 0 saturated carbocycles. The van der Waals surface area contributed by atoms with Crippen LogP contribution in [0.25, 0.3) is 0 Å². The van der Waals surface area contributed by atoms with E-state index in [1.165, 1.54) is 6.20 Å². The van der Waals surface area contributed by atoms with Gasteiger partial charge in [0.25, 0.3) is 6.43 Å². The minimum Gasteiger partial charge on any atom is -0.253 e. The Morgan fingerprint density at radius 1 is 1.62 bits per heavy atom. The lowest BCUT2D eigenvalue weighted by atomic mass is 10.2. The molecule has 6 heteroatoms. The zero-order valence-electron chi connectivity index (χ0n) is 6.06. The SMILES string of the molecule is N#Cc1c(C(F)F)ncc(I)c1Cl. The van der Waals surface area contributed by atoms with Crippen LogP contribution in [-0.2, 0) is 0 Å². The largest absolute Gasteiger partial charge is 0.281 e. The quantitative estimate of drug-likeness (QED) is 0.747. The molecule has 1 aromatic heterocycles. The average Bonchev–Trinajstić information content (AvgIpc) is 2.09. The lowest BCUT2D eigenvalue weighted by Gasteiger charge is -2.03. The molecule has 0 N–H and O–H groups in total. The Morgan fingerprint density at radius 2 is 2.23 bits per heavy atom. The molecular formula is C7H2ClF2IN2. The van der Waals surface area contributed by atoms with E-state index in [9.17, 15) is 8.78 Å². The number of hydrogen-bond acceptors (Lipinski definition) is 2. The van der Waals surface area contributed by atoms with Crippen LogP contribution in [0.2, 0.25) is 5.02 Å². The lowest BCUT2D eigenvalue weighted by molar-refractivity contribution is 0.145. The number of nitriles is 1. The summed E-state index contributed by atoms with van der Waals surface area (Å²) < 4.78 is 25.0. The van der Waals surface area contributed by atoms with Crippen molar-refractivity contribution in [2.75, 3.05) is 0 Å². The van der Waals surface area contributed by atoms with Crippen LogP contribution in [0, 0.1) is 14.9 Å². The summed E-state index contributed by atoms with van der Waals surface area (Å²) in [5, 5.41) is 8.60. The first-order valence-electron chi connectivity index (χ1n) is 3.10. The molecule has 0 fully saturated rings. The second kappa shape index (κ2) is 4.15. The summed E-state index contributed by atoms with van der Waals surface area (Å²) in [4.78, 5) is 3.44. The second-order valence-electron chi connectivity index (χ2n) is 2.09. The number of halogens is 4. The van der Waals surface area contributed by atoms with Crippen LogP contribution in [0.4, 0.5) is 8.78 Å². The van der Waals surface area contributed by atoms with Crippen molar-refractivity contribution in [3.05, 3.63) is 26.0 Å². The molecule has 0 aliphatic heterocycles. The Bertz CT molecular complexity index is 375. The number of alkyl halides is 2. The Hall–Kier alpha value is -0.480. The van der Waals surface area contributed by atoms with E-state index in [1.54, 1.807) is 6.07 Å². The van der Waals surface area contributed by atoms with Gasteiger partial charge < -0.3 is 0 Å². The maximum Gasteiger partial charge on any atom is 0.281 e. The van der Waals surface area contributed by atoms with Gasteiger partial charge in [0.2, 0.25) is 0 Å². The molecule has 0 aromatic carbocycles. The molecule has 1 rings (SSSR count). The minimum absolute atomic E-state index is 0.0356. The van der Waals surface area contributed by atoms with Gasteiger partial charge in [-0.3, -0.25) is 4.98 Å². The fourth-order valence-electron chi connectivity index (χ4n) is 0.751. The van der Waals surface area contributed by atoms with E-state index in [2.05, 4.69) is 4.98 Å².